The summed E-state index contributed by atoms with van der Waals surface area (Å²) in [5, 5.41) is 16.7. The van der Waals surface area contributed by atoms with Crippen LogP contribution in [0.5, 0.6) is 0 Å². The Morgan fingerprint density at radius 1 is 0.966 bits per heavy atom. The lowest BCUT2D eigenvalue weighted by Crippen LogP contribution is -2.04. The number of hydrogen-bond donors (Lipinski definition) is 3. The standard InChI is InChI=1S/C24H21N5/c25-12-1-2-18-3-8-23-19(17-28-24(23)16-18)9-15-27-20-4-6-21(7-5-20)29-22-10-13-26-14-11-22/h1-8,10-11,13-14,16-17,27-28H,9,15H2,(H,26,29)/b2-1+. The van der Waals surface area contributed by atoms with Gasteiger partial charge in [-0.15, -0.1) is 0 Å². The van der Waals surface area contributed by atoms with Crippen molar-refractivity contribution < 1.29 is 0 Å². The minimum Gasteiger partial charge on any atom is -0.385 e. The summed E-state index contributed by atoms with van der Waals surface area (Å²) in [7, 11) is 0. The fourth-order valence-corrected chi connectivity index (χ4v) is 3.26. The van der Waals surface area contributed by atoms with E-state index in [0.717, 1.165) is 41.1 Å². The van der Waals surface area contributed by atoms with Crippen LogP contribution >= 0.6 is 0 Å². The highest BCUT2D eigenvalue weighted by molar-refractivity contribution is 5.85. The van der Waals surface area contributed by atoms with E-state index in [0.29, 0.717) is 0 Å². The molecule has 0 fully saturated rings. The number of hydrogen-bond acceptors (Lipinski definition) is 4. The second-order valence-electron chi connectivity index (χ2n) is 6.70. The average Bonchev–Trinajstić information content (AvgIpc) is 3.16. The second kappa shape index (κ2) is 8.77. The van der Waals surface area contributed by atoms with Gasteiger partial charge in [-0.05, 0) is 66.1 Å². The molecule has 0 saturated heterocycles. The lowest BCUT2D eigenvalue weighted by Gasteiger charge is -2.09. The van der Waals surface area contributed by atoms with Crippen LogP contribution < -0.4 is 10.6 Å². The Morgan fingerprint density at radius 2 is 1.72 bits per heavy atom. The Bertz CT molecular complexity index is 1150. The average molecular weight is 379 g/mol. The number of benzene rings is 2. The molecule has 0 aliphatic rings. The highest BCUT2D eigenvalue weighted by Crippen LogP contribution is 2.22. The second-order valence-corrected chi connectivity index (χ2v) is 6.70. The maximum Gasteiger partial charge on any atom is 0.0912 e. The van der Waals surface area contributed by atoms with E-state index in [4.69, 9.17) is 5.26 Å². The summed E-state index contributed by atoms with van der Waals surface area (Å²) in [6.45, 7) is 0.847. The first-order chi connectivity index (χ1) is 14.3. The molecule has 142 valence electrons. The van der Waals surface area contributed by atoms with Gasteiger partial charge in [0, 0.05) is 59.2 Å². The molecular formula is C24H21N5. The number of rotatable bonds is 7. The molecule has 5 heteroatoms. The molecular weight excluding hydrogens is 358 g/mol. The van der Waals surface area contributed by atoms with E-state index < -0.39 is 0 Å². The van der Waals surface area contributed by atoms with E-state index >= 15 is 0 Å². The summed E-state index contributed by atoms with van der Waals surface area (Å²) >= 11 is 0. The first-order valence-corrected chi connectivity index (χ1v) is 9.49. The van der Waals surface area contributed by atoms with Crippen LogP contribution in [0.2, 0.25) is 0 Å². The van der Waals surface area contributed by atoms with E-state index in [2.05, 4.69) is 63.2 Å². The molecule has 0 aliphatic heterocycles. The highest BCUT2D eigenvalue weighted by atomic mass is 14.9. The lowest BCUT2D eigenvalue weighted by molar-refractivity contribution is 1.03. The molecule has 0 radical (unpaired) electrons. The lowest BCUT2D eigenvalue weighted by atomic mass is 10.1. The number of nitrogens with one attached hydrogen (secondary N) is 3. The van der Waals surface area contributed by atoms with Gasteiger partial charge in [-0.2, -0.15) is 5.26 Å². The van der Waals surface area contributed by atoms with E-state index in [1.807, 2.05) is 30.3 Å². The Balaban J connectivity index is 1.34. The van der Waals surface area contributed by atoms with Crippen LogP contribution in [0.4, 0.5) is 17.1 Å². The highest BCUT2D eigenvalue weighted by Gasteiger charge is 2.04. The molecule has 0 aliphatic carbocycles. The zero-order chi connectivity index (χ0) is 19.9. The van der Waals surface area contributed by atoms with Gasteiger partial charge in [0.1, 0.15) is 0 Å². The van der Waals surface area contributed by atoms with E-state index in [1.165, 1.54) is 17.0 Å². The summed E-state index contributed by atoms with van der Waals surface area (Å²) in [5.41, 5.74) is 6.54. The summed E-state index contributed by atoms with van der Waals surface area (Å²) in [6, 6.07) is 20.4. The van der Waals surface area contributed by atoms with Crippen molar-refractivity contribution in [1.82, 2.24) is 9.97 Å². The van der Waals surface area contributed by atoms with Crippen LogP contribution in [0.25, 0.3) is 17.0 Å². The number of anilines is 3. The molecule has 4 rings (SSSR count). The molecule has 0 unspecified atom stereocenters. The minimum absolute atomic E-state index is 0.847. The van der Waals surface area contributed by atoms with Crippen molar-refractivity contribution in [2.75, 3.05) is 17.2 Å². The van der Waals surface area contributed by atoms with Crippen LogP contribution in [-0.2, 0) is 6.42 Å². The van der Waals surface area contributed by atoms with Crippen molar-refractivity contribution in [2.45, 2.75) is 6.42 Å². The summed E-state index contributed by atoms with van der Waals surface area (Å²) in [5.74, 6) is 0. The van der Waals surface area contributed by atoms with Gasteiger partial charge in [-0.1, -0.05) is 12.1 Å². The number of pyridine rings is 1. The summed E-state index contributed by atoms with van der Waals surface area (Å²) in [6.07, 6.45) is 9.83. The molecule has 2 aromatic carbocycles. The smallest absolute Gasteiger partial charge is 0.0912 e. The van der Waals surface area contributed by atoms with Crippen LogP contribution in [0.1, 0.15) is 11.1 Å². The third-order valence-corrected chi connectivity index (χ3v) is 4.72. The fourth-order valence-electron chi connectivity index (χ4n) is 3.26. The van der Waals surface area contributed by atoms with Crippen molar-refractivity contribution in [3.63, 3.8) is 0 Å². The van der Waals surface area contributed by atoms with Gasteiger partial charge >= 0.3 is 0 Å². The molecule has 4 aromatic rings. The number of allylic oxidation sites excluding steroid dienone is 1. The third-order valence-electron chi connectivity index (χ3n) is 4.72. The molecule has 29 heavy (non-hydrogen) atoms. The van der Waals surface area contributed by atoms with Crippen molar-refractivity contribution in [1.29, 1.82) is 5.26 Å². The zero-order valence-electron chi connectivity index (χ0n) is 15.9. The van der Waals surface area contributed by atoms with Crippen LogP contribution in [0.15, 0.2) is 79.3 Å². The van der Waals surface area contributed by atoms with Gasteiger partial charge < -0.3 is 15.6 Å². The summed E-state index contributed by atoms with van der Waals surface area (Å²) < 4.78 is 0. The molecule has 0 saturated carbocycles. The number of H-pyrrole nitrogens is 1. The van der Waals surface area contributed by atoms with Gasteiger partial charge in [-0.25, -0.2) is 0 Å². The molecule has 0 spiro atoms. The SMILES string of the molecule is N#C/C=C/c1ccc2c(CCNc3ccc(Nc4ccncc4)cc3)c[nH]c2c1. The van der Waals surface area contributed by atoms with Crippen molar-refractivity contribution in [3.8, 4) is 6.07 Å². The molecule has 5 nitrogen and oxygen atoms in total. The van der Waals surface area contributed by atoms with Crippen molar-refractivity contribution in [3.05, 3.63) is 90.4 Å². The first-order valence-electron chi connectivity index (χ1n) is 9.49. The number of aromatic nitrogens is 2. The topological polar surface area (TPSA) is 76.5 Å². The largest absolute Gasteiger partial charge is 0.385 e. The molecule has 0 bridgehead atoms. The maximum absolute atomic E-state index is 8.66. The fraction of sp³-hybridized carbons (Fsp3) is 0.0833. The van der Waals surface area contributed by atoms with Crippen LogP contribution in [0, 0.1) is 11.3 Å². The Kier molecular flexibility index (Phi) is 5.54. The van der Waals surface area contributed by atoms with Crippen LogP contribution in [-0.4, -0.2) is 16.5 Å². The van der Waals surface area contributed by atoms with E-state index in [9.17, 15) is 0 Å². The van der Waals surface area contributed by atoms with E-state index in [1.54, 1.807) is 12.4 Å². The van der Waals surface area contributed by atoms with Gasteiger partial charge in [0.2, 0.25) is 0 Å². The number of fused-ring (bicyclic) bond motifs is 1. The molecule has 0 amide bonds. The Labute approximate surface area is 169 Å². The quantitative estimate of drug-likeness (QED) is 0.371. The normalized spacial score (nSPS) is 10.9. The van der Waals surface area contributed by atoms with Gasteiger partial charge in [0.15, 0.2) is 0 Å². The first kappa shape index (κ1) is 18.3. The third kappa shape index (κ3) is 4.63. The monoisotopic (exact) mass is 379 g/mol. The van der Waals surface area contributed by atoms with Gasteiger partial charge in [0.25, 0.3) is 0 Å². The zero-order valence-corrected chi connectivity index (χ0v) is 15.9. The predicted molar refractivity (Wildman–Crippen MR) is 119 cm³/mol. The number of nitriles is 1. The molecule has 2 aromatic heterocycles. The number of nitrogens with zero attached hydrogens (tertiary/aromatic N) is 2. The van der Waals surface area contributed by atoms with Crippen molar-refractivity contribution in [2.24, 2.45) is 0 Å². The predicted octanol–water partition coefficient (Wildman–Crippen LogP) is 5.50. The molecule has 2 heterocycles. The Morgan fingerprint density at radius 3 is 2.52 bits per heavy atom. The van der Waals surface area contributed by atoms with Gasteiger partial charge in [-0.3, -0.25) is 4.98 Å². The number of aromatic amines is 1. The minimum atomic E-state index is 0.847. The summed E-state index contributed by atoms with van der Waals surface area (Å²) in [4.78, 5) is 7.35. The Hall–Kier alpha value is -4.04. The molecule has 0 atom stereocenters. The van der Waals surface area contributed by atoms with Gasteiger partial charge in [0.05, 0.1) is 6.07 Å². The van der Waals surface area contributed by atoms with Crippen molar-refractivity contribution >= 4 is 34.0 Å². The van der Waals surface area contributed by atoms with E-state index in [-0.39, 0.29) is 0 Å². The van der Waals surface area contributed by atoms with Crippen LogP contribution in [0.3, 0.4) is 0 Å². The molecule has 3 N–H and O–H groups in total. The maximum atomic E-state index is 8.66.